The van der Waals surface area contributed by atoms with E-state index in [0.29, 0.717) is 11.7 Å². The van der Waals surface area contributed by atoms with Gasteiger partial charge in [0.15, 0.2) is 0 Å². The fourth-order valence-electron chi connectivity index (χ4n) is 2.05. The molecule has 1 aromatic rings. The average Bonchev–Trinajstić information content (AvgIpc) is 2.79. The maximum atomic E-state index is 10.8. The van der Waals surface area contributed by atoms with Gasteiger partial charge in [-0.3, -0.25) is 10.1 Å². The zero-order chi connectivity index (χ0) is 12.3. The van der Waals surface area contributed by atoms with Crippen LogP contribution in [-0.2, 0) is 4.79 Å². The van der Waals surface area contributed by atoms with Crippen LogP contribution in [0.4, 0.5) is 0 Å². The predicted molar refractivity (Wildman–Crippen MR) is 70.3 cm³/mol. The molecule has 3 atom stereocenters. The lowest BCUT2D eigenvalue weighted by Crippen LogP contribution is -2.36. The quantitative estimate of drug-likeness (QED) is 0.862. The minimum atomic E-state index is -0.743. The molecule has 0 aromatic heterocycles. The molecule has 92 valence electrons. The lowest BCUT2D eigenvalue weighted by molar-refractivity contribution is -0.138. The molecule has 1 saturated heterocycles. The largest absolute Gasteiger partial charge is 0.480 e. The smallest absolute Gasteiger partial charge is 0.321 e. The Hall–Kier alpha value is -1.00. The van der Waals surface area contributed by atoms with Gasteiger partial charge in [-0.15, -0.1) is 11.8 Å². The van der Waals surface area contributed by atoms with Crippen molar-refractivity contribution >= 4 is 17.7 Å². The minimum absolute atomic E-state index is 0.256. The monoisotopic (exact) mass is 251 g/mol. The van der Waals surface area contributed by atoms with Gasteiger partial charge in [0.05, 0.1) is 5.37 Å². The van der Waals surface area contributed by atoms with E-state index in [1.54, 1.807) is 11.8 Å². The fourth-order valence-corrected chi connectivity index (χ4v) is 3.40. The third-order valence-corrected chi connectivity index (χ3v) is 4.34. The van der Waals surface area contributed by atoms with Crippen LogP contribution in [0.15, 0.2) is 30.3 Å². The van der Waals surface area contributed by atoms with E-state index < -0.39 is 5.97 Å². The molecule has 3 nitrogen and oxygen atoms in total. The number of thioether (sulfide) groups is 1. The Balaban J connectivity index is 1.88. The van der Waals surface area contributed by atoms with Crippen LogP contribution in [0.1, 0.15) is 24.8 Å². The second kappa shape index (κ2) is 5.56. The third kappa shape index (κ3) is 3.23. The molecule has 0 radical (unpaired) electrons. The van der Waals surface area contributed by atoms with Crippen molar-refractivity contribution in [1.29, 1.82) is 0 Å². The molecule has 0 bridgehead atoms. The highest BCUT2D eigenvalue weighted by Crippen LogP contribution is 2.29. The summed E-state index contributed by atoms with van der Waals surface area (Å²) >= 11 is 1.71. The number of carbonyl (C=O) groups is 1. The second-order valence-corrected chi connectivity index (χ2v) is 5.66. The molecule has 1 aliphatic heterocycles. The summed E-state index contributed by atoms with van der Waals surface area (Å²) in [6.07, 6.45) is 0.971. The molecule has 1 fully saturated rings. The number of hydrogen-bond acceptors (Lipinski definition) is 3. The van der Waals surface area contributed by atoms with Crippen LogP contribution in [0.2, 0.25) is 0 Å². The number of carboxylic acids is 1. The molecule has 2 N–H and O–H groups in total. The van der Waals surface area contributed by atoms with Gasteiger partial charge in [0, 0.05) is 5.75 Å². The normalized spacial score (nSPS) is 25.7. The molecule has 0 spiro atoms. The van der Waals surface area contributed by atoms with Crippen LogP contribution in [-0.4, -0.2) is 28.2 Å². The molecule has 1 aliphatic rings. The van der Waals surface area contributed by atoms with E-state index in [4.69, 9.17) is 5.11 Å². The van der Waals surface area contributed by atoms with Gasteiger partial charge in [0.25, 0.3) is 0 Å². The molecule has 2 rings (SSSR count). The fraction of sp³-hybridized carbons (Fsp3) is 0.462. The Morgan fingerprint density at radius 2 is 2.24 bits per heavy atom. The topological polar surface area (TPSA) is 49.3 Å². The first-order valence-electron chi connectivity index (χ1n) is 5.82. The Bertz CT molecular complexity index is 382. The molecule has 1 aromatic carbocycles. The number of hydrogen-bond donors (Lipinski definition) is 2. The Labute approximate surface area is 106 Å². The summed E-state index contributed by atoms with van der Waals surface area (Å²) in [6, 6.07) is 9.97. The van der Waals surface area contributed by atoms with Gasteiger partial charge in [-0.1, -0.05) is 37.3 Å². The number of benzene rings is 1. The molecule has 2 unspecified atom stereocenters. The minimum Gasteiger partial charge on any atom is -0.480 e. The molecule has 0 aliphatic carbocycles. The lowest BCUT2D eigenvalue weighted by Gasteiger charge is -2.17. The summed E-state index contributed by atoms with van der Waals surface area (Å²) < 4.78 is 0. The van der Waals surface area contributed by atoms with Gasteiger partial charge >= 0.3 is 5.97 Å². The van der Waals surface area contributed by atoms with Gasteiger partial charge in [0.1, 0.15) is 6.04 Å². The number of nitrogens with one attached hydrogen (secondary N) is 1. The first-order valence-corrected chi connectivity index (χ1v) is 6.87. The molecule has 0 saturated carbocycles. The van der Waals surface area contributed by atoms with Crippen molar-refractivity contribution in [2.45, 2.75) is 30.7 Å². The standard InChI is InChI=1S/C13H17NO2S/c1-9(10-5-3-2-4-6-10)7-12-14-11(8-17-12)13(15)16/h2-6,9,11-12,14H,7-8H2,1H3,(H,15,16)/t9?,11-,12?/m1/s1. The van der Waals surface area contributed by atoms with Crippen molar-refractivity contribution in [2.75, 3.05) is 5.75 Å². The summed E-state index contributed by atoms with van der Waals surface area (Å²) in [6.45, 7) is 2.19. The molecule has 17 heavy (non-hydrogen) atoms. The van der Waals surface area contributed by atoms with Gasteiger partial charge < -0.3 is 5.11 Å². The highest BCUT2D eigenvalue weighted by molar-refractivity contribution is 8.00. The van der Waals surface area contributed by atoms with E-state index in [1.165, 1.54) is 5.56 Å². The van der Waals surface area contributed by atoms with E-state index in [0.717, 1.165) is 6.42 Å². The van der Waals surface area contributed by atoms with Crippen LogP contribution < -0.4 is 5.32 Å². The SMILES string of the molecule is CC(CC1N[C@@H](C(=O)O)CS1)c1ccccc1. The summed E-state index contributed by atoms with van der Waals surface area (Å²) in [7, 11) is 0. The van der Waals surface area contributed by atoms with Crippen molar-refractivity contribution in [3.05, 3.63) is 35.9 Å². The second-order valence-electron chi connectivity index (χ2n) is 4.43. The first kappa shape index (κ1) is 12.5. The highest BCUT2D eigenvalue weighted by atomic mass is 32.2. The van der Waals surface area contributed by atoms with Gasteiger partial charge in [-0.05, 0) is 17.9 Å². The molecular formula is C13H17NO2S. The number of carboxylic acid groups (broad SMARTS) is 1. The Morgan fingerprint density at radius 1 is 1.53 bits per heavy atom. The zero-order valence-corrected chi connectivity index (χ0v) is 10.6. The Morgan fingerprint density at radius 3 is 2.82 bits per heavy atom. The predicted octanol–water partition coefficient (Wildman–Crippen LogP) is 2.30. The van der Waals surface area contributed by atoms with Gasteiger partial charge in [-0.2, -0.15) is 0 Å². The van der Waals surface area contributed by atoms with E-state index in [1.807, 2.05) is 18.2 Å². The molecule has 4 heteroatoms. The van der Waals surface area contributed by atoms with Gasteiger partial charge in [0.2, 0.25) is 0 Å². The summed E-state index contributed by atoms with van der Waals surface area (Å²) in [5.74, 6) is 0.378. The zero-order valence-electron chi connectivity index (χ0n) is 9.80. The van der Waals surface area contributed by atoms with E-state index in [2.05, 4.69) is 24.4 Å². The van der Waals surface area contributed by atoms with Crippen molar-refractivity contribution in [3.63, 3.8) is 0 Å². The molecule has 1 heterocycles. The van der Waals surface area contributed by atoms with Crippen LogP contribution in [0.25, 0.3) is 0 Å². The first-order chi connectivity index (χ1) is 8.16. The third-order valence-electron chi connectivity index (χ3n) is 3.09. The molecular weight excluding hydrogens is 234 g/mol. The van der Waals surface area contributed by atoms with Crippen molar-refractivity contribution in [1.82, 2.24) is 5.32 Å². The average molecular weight is 251 g/mol. The van der Waals surface area contributed by atoms with Crippen molar-refractivity contribution in [3.8, 4) is 0 Å². The number of aliphatic carboxylic acids is 1. The van der Waals surface area contributed by atoms with Crippen LogP contribution in [0.3, 0.4) is 0 Å². The van der Waals surface area contributed by atoms with Crippen LogP contribution in [0.5, 0.6) is 0 Å². The van der Waals surface area contributed by atoms with Crippen molar-refractivity contribution < 1.29 is 9.90 Å². The maximum Gasteiger partial charge on any atom is 0.321 e. The summed E-state index contributed by atoms with van der Waals surface area (Å²) in [5, 5.41) is 12.3. The van der Waals surface area contributed by atoms with E-state index in [9.17, 15) is 4.79 Å². The highest BCUT2D eigenvalue weighted by Gasteiger charge is 2.30. The summed E-state index contributed by atoms with van der Waals surface area (Å²) in [4.78, 5) is 10.8. The van der Waals surface area contributed by atoms with Gasteiger partial charge in [-0.25, -0.2) is 0 Å². The van der Waals surface area contributed by atoms with Crippen LogP contribution in [0, 0.1) is 0 Å². The summed E-state index contributed by atoms with van der Waals surface area (Å²) in [5.41, 5.74) is 1.31. The number of rotatable bonds is 4. The Kier molecular flexibility index (Phi) is 4.07. The maximum absolute atomic E-state index is 10.8. The van der Waals surface area contributed by atoms with Crippen molar-refractivity contribution in [2.24, 2.45) is 0 Å². The van der Waals surface area contributed by atoms with E-state index in [-0.39, 0.29) is 11.4 Å². The lowest BCUT2D eigenvalue weighted by atomic mass is 9.98. The molecule has 0 amide bonds. The van der Waals surface area contributed by atoms with Crippen LogP contribution >= 0.6 is 11.8 Å². The van der Waals surface area contributed by atoms with E-state index >= 15 is 0 Å².